The van der Waals surface area contributed by atoms with Crippen LogP contribution in [-0.4, -0.2) is 73.3 Å². The third-order valence-electron chi connectivity index (χ3n) is 15.7. The number of nitrogens with one attached hydrogen (secondary N) is 2. The van der Waals surface area contributed by atoms with E-state index in [9.17, 15) is 14.4 Å². The first-order valence-corrected chi connectivity index (χ1v) is 25.7. The van der Waals surface area contributed by atoms with Gasteiger partial charge in [-0.1, -0.05) is 12.1 Å². The monoisotopic (exact) mass is 993 g/mol. The molecule has 0 radical (unpaired) electrons. The number of carbonyl (C=O) groups is 1. The Morgan fingerprint density at radius 2 is 1.07 bits per heavy atom. The number of primary amides is 1. The summed E-state index contributed by atoms with van der Waals surface area (Å²) < 4.78 is 37.0. The molecule has 2 aliphatic carbocycles. The van der Waals surface area contributed by atoms with Gasteiger partial charge in [0, 0.05) is 92.6 Å². The van der Waals surface area contributed by atoms with Crippen LogP contribution in [-0.2, 0) is 31.0 Å². The molecular weight excluding hydrogens is 925 g/mol. The van der Waals surface area contributed by atoms with Gasteiger partial charge in [-0.25, -0.2) is 6.57 Å². The quantitative estimate of drug-likeness (QED) is 0.0843. The Morgan fingerprint density at radius 3 is 1.51 bits per heavy atom. The molecule has 73 heavy (non-hydrogen) atoms. The highest BCUT2D eigenvalue weighted by atomic mass is 16.6. The van der Waals surface area contributed by atoms with Crippen LogP contribution in [0.4, 0.5) is 0 Å². The normalized spacial score (nSPS) is 21.1. The fourth-order valence-corrected chi connectivity index (χ4v) is 11.1. The number of pyridine rings is 2. The Kier molecular flexibility index (Phi) is 15.6. The van der Waals surface area contributed by atoms with Crippen LogP contribution in [0.5, 0.6) is 34.5 Å². The number of ether oxygens (including phenoxy) is 6. The highest BCUT2D eigenvalue weighted by Gasteiger charge is 2.42. The Labute approximate surface area is 426 Å². The lowest BCUT2D eigenvalue weighted by Crippen LogP contribution is -2.45. The van der Waals surface area contributed by atoms with E-state index in [0.29, 0.717) is 83.0 Å². The largest absolute Gasteiger partial charge is 0.497 e. The SMILES string of the molecule is COc1ccc2c(C)cc(=O)n(CCC3(C(N)=O)CCC(NCc4ccc5c(c4)OCCO5)CC3)c2c1.[C-]#[N+]C1(CCn2c(=O)cc(C)c3ccc(OC)cc32)CCC(NCc2ccc3c(c2)OCCO3)CC1. The van der Waals surface area contributed by atoms with E-state index in [1.807, 2.05) is 79.1 Å². The summed E-state index contributed by atoms with van der Waals surface area (Å²) in [5.41, 5.74) is 10.7. The Hall–Kier alpha value is -7.02. The first-order chi connectivity index (χ1) is 35.4. The first kappa shape index (κ1) is 50.9. The molecule has 0 unspecified atom stereocenters. The van der Waals surface area contributed by atoms with Gasteiger partial charge in [-0.2, -0.15) is 0 Å². The van der Waals surface area contributed by atoms with E-state index >= 15 is 0 Å². The average Bonchev–Trinajstić information content (AvgIpc) is 3.42. The van der Waals surface area contributed by atoms with Gasteiger partial charge in [0.1, 0.15) is 37.9 Å². The van der Waals surface area contributed by atoms with Crippen molar-refractivity contribution in [2.75, 3.05) is 40.6 Å². The summed E-state index contributed by atoms with van der Waals surface area (Å²) in [6.07, 6.45) is 7.86. The van der Waals surface area contributed by atoms with Crippen molar-refractivity contribution in [2.24, 2.45) is 11.1 Å². The van der Waals surface area contributed by atoms with Gasteiger partial charge in [0.25, 0.3) is 11.1 Å². The molecule has 6 aromatic rings. The highest BCUT2D eigenvalue weighted by Crippen LogP contribution is 2.41. The molecule has 4 aromatic carbocycles. The predicted octanol–water partition coefficient (Wildman–Crippen LogP) is 8.55. The van der Waals surface area contributed by atoms with Gasteiger partial charge in [-0.15, -0.1) is 0 Å². The topological polar surface area (TPSA) is 171 Å². The molecule has 4 aliphatic rings. The molecule has 4 heterocycles. The number of methoxy groups -OCH3 is 2. The zero-order valence-corrected chi connectivity index (χ0v) is 42.6. The van der Waals surface area contributed by atoms with Crippen LogP contribution in [0.25, 0.3) is 26.7 Å². The zero-order valence-electron chi connectivity index (χ0n) is 42.6. The minimum absolute atomic E-state index is 0.0248. The number of nitrogens with two attached hydrogens (primary N) is 1. The lowest BCUT2D eigenvalue weighted by atomic mass is 9.69. The summed E-state index contributed by atoms with van der Waals surface area (Å²) in [6, 6.07) is 27.8. The number of fused-ring (bicyclic) bond motifs is 4. The second-order valence-electron chi connectivity index (χ2n) is 20.1. The Bertz CT molecular complexity index is 3120. The second-order valence-corrected chi connectivity index (χ2v) is 20.1. The predicted molar refractivity (Wildman–Crippen MR) is 282 cm³/mol. The molecule has 2 saturated carbocycles. The summed E-state index contributed by atoms with van der Waals surface area (Å²) in [4.78, 5) is 42.6. The van der Waals surface area contributed by atoms with Crippen molar-refractivity contribution < 1.29 is 33.2 Å². The highest BCUT2D eigenvalue weighted by molar-refractivity contribution is 5.85. The van der Waals surface area contributed by atoms with E-state index in [-0.39, 0.29) is 17.0 Å². The summed E-state index contributed by atoms with van der Waals surface area (Å²) in [5, 5.41) is 9.34. The fraction of sp³-hybridized carbons (Fsp3) is 0.448. The van der Waals surface area contributed by atoms with Crippen LogP contribution in [0, 0.1) is 25.8 Å². The lowest BCUT2D eigenvalue weighted by Gasteiger charge is -2.38. The van der Waals surface area contributed by atoms with E-state index in [2.05, 4.69) is 27.6 Å². The Balaban J connectivity index is 0.000000180. The third kappa shape index (κ3) is 11.5. The number of hydrogen-bond donors (Lipinski definition) is 3. The van der Waals surface area contributed by atoms with E-state index in [1.165, 1.54) is 5.56 Å². The van der Waals surface area contributed by atoms with Gasteiger partial charge >= 0.3 is 0 Å². The number of rotatable bonds is 15. The van der Waals surface area contributed by atoms with Gasteiger partial charge < -0.3 is 58.8 Å². The van der Waals surface area contributed by atoms with E-state index < -0.39 is 11.0 Å². The van der Waals surface area contributed by atoms with E-state index in [0.717, 1.165) is 119 Å². The molecule has 2 aromatic heterocycles. The van der Waals surface area contributed by atoms with Crippen molar-refractivity contribution in [2.45, 2.75) is 122 Å². The van der Waals surface area contributed by atoms with Crippen molar-refractivity contribution in [3.05, 3.63) is 139 Å². The summed E-state index contributed by atoms with van der Waals surface area (Å²) >= 11 is 0. The Morgan fingerprint density at radius 1 is 0.630 bits per heavy atom. The van der Waals surface area contributed by atoms with Crippen molar-refractivity contribution in [3.8, 4) is 34.5 Å². The second kappa shape index (κ2) is 22.4. The molecule has 1 amide bonds. The molecule has 0 bridgehead atoms. The molecule has 0 saturated heterocycles. The molecule has 15 nitrogen and oxygen atoms in total. The van der Waals surface area contributed by atoms with Gasteiger partial charge in [-0.3, -0.25) is 14.4 Å². The maximum atomic E-state index is 12.9. The van der Waals surface area contributed by atoms with Gasteiger partial charge in [-0.05, 0) is 130 Å². The molecule has 0 atom stereocenters. The lowest BCUT2D eigenvalue weighted by molar-refractivity contribution is -0.130. The van der Waals surface area contributed by atoms with Crippen LogP contribution in [0.2, 0.25) is 0 Å². The van der Waals surface area contributed by atoms with Crippen molar-refractivity contribution in [3.63, 3.8) is 0 Å². The van der Waals surface area contributed by atoms with Gasteiger partial charge in [0.15, 0.2) is 23.0 Å². The number of aryl methyl sites for hydroxylation is 4. The summed E-state index contributed by atoms with van der Waals surface area (Å²) in [6.45, 7) is 16.7. The molecule has 384 valence electrons. The molecule has 2 aliphatic heterocycles. The maximum Gasteiger partial charge on any atom is 0.251 e. The van der Waals surface area contributed by atoms with E-state index in [1.54, 1.807) is 30.9 Å². The standard InChI is InChI=1S/C29H35N3O5.C29H33N3O4/c1-19-15-27(33)32(24-17-22(35-2)4-5-23(19)24)12-11-29(28(30)34)9-7-21(8-10-29)31-18-20-3-6-25-26(16-20)37-14-13-36-25;1-20-16-28(33)32(25-18-23(34-3)5-6-24(20)25)13-12-29(30-2)10-8-22(9-11-29)31-19-21-4-7-26-27(17-21)36-15-14-35-26/h3-6,15-17,21,31H,7-14,18H2,1-2H3,(H2,30,34);4-7,16-18,22,31H,8-15,19H2,1,3H3. The van der Waals surface area contributed by atoms with Crippen molar-refractivity contribution >= 4 is 27.7 Å². The van der Waals surface area contributed by atoms with E-state index in [4.69, 9.17) is 40.7 Å². The number of nitrogens with zero attached hydrogens (tertiary/aromatic N) is 3. The molecule has 4 N–H and O–H groups in total. The van der Waals surface area contributed by atoms with Crippen LogP contribution < -0.4 is 55.9 Å². The van der Waals surface area contributed by atoms with Crippen LogP contribution in [0.3, 0.4) is 0 Å². The number of carbonyl (C=O) groups excluding carboxylic acids is 1. The minimum atomic E-state index is -0.620. The van der Waals surface area contributed by atoms with Crippen molar-refractivity contribution in [1.29, 1.82) is 0 Å². The van der Waals surface area contributed by atoms with Crippen LogP contribution in [0.15, 0.2) is 94.5 Å². The van der Waals surface area contributed by atoms with Crippen molar-refractivity contribution in [1.82, 2.24) is 19.8 Å². The summed E-state index contributed by atoms with van der Waals surface area (Å²) in [7, 11) is 3.25. The number of amides is 1. The minimum Gasteiger partial charge on any atom is -0.497 e. The molecule has 15 heteroatoms. The first-order valence-electron chi connectivity index (χ1n) is 25.7. The molecule has 10 rings (SSSR count). The number of aromatic nitrogens is 2. The average molecular weight is 993 g/mol. The molecular formula is C58H68N6O9. The number of benzene rings is 4. The maximum absolute atomic E-state index is 12.9. The van der Waals surface area contributed by atoms with Crippen LogP contribution in [0.1, 0.15) is 86.5 Å². The smallest absolute Gasteiger partial charge is 0.251 e. The summed E-state index contributed by atoms with van der Waals surface area (Å²) in [5.74, 6) is 4.35. The fourth-order valence-electron chi connectivity index (χ4n) is 11.1. The van der Waals surface area contributed by atoms with Gasteiger partial charge in [0.05, 0.1) is 30.7 Å². The molecule has 0 spiro atoms. The molecule has 2 fully saturated rings. The zero-order chi connectivity index (χ0) is 51.1. The van der Waals surface area contributed by atoms with Gasteiger partial charge in [0.2, 0.25) is 11.4 Å². The third-order valence-corrected chi connectivity index (χ3v) is 15.7. The number of hydrogen-bond acceptors (Lipinski definition) is 11. The van der Waals surface area contributed by atoms with Crippen LogP contribution >= 0.6 is 0 Å².